The molecule has 0 fully saturated rings. The molecule has 0 aliphatic heterocycles. The van der Waals surface area contributed by atoms with Crippen molar-refractivity contribution in [1.82, 2.24) is 0 Å². The Morgan fingerprint density at radius 1 is 1.15 bits per heavy atom. The van der Waals surface area contributed by atoms with Gasteiger partial charge >= 0.3 is 5.97 Å². The minimum atomic E-state index is -0.922. The fraction of sp³-hybridized carbons (Fsp3) is 0.211. The molecular weight excluding hydrogens is 352 g/mol. The normalized spacial score (nSPS) is 11.1. The Balaban J connectivity index is 1.79. The fourth-order valence-electron chi connectivity index (χ4n) is 1.97. The molecule has 0 aliphatic carbocycles. The molecule has 7 heteroatoms. The van der Waals surface area contributed by atoms with Crippen LogP contribution in [-0.4, -0.2) is 30.8 Å². The third kappa shape index (κ3) is 5.83. The molecule has 134 valence electrons. The molecule has 2 aromatic rings. The zero-order valence-electron chi connectivity index (χ0n) is 14.4. The summed E-state index contributed by atoms with van der Waals surface area (Å²) in [5, 5.41) is 11.4. The summed E-state index contributed by atoms with van der Waals surface area (Å²) in [6, 6.07) is 15.7. The van der Waals surface area contributed by atoms with Crippen molar-refractivity contribution < 1.29 is 19.1 Å². The Kier molecular flexibility index (Phi) is 7.06. The number of thioether (sulfide) groups is 1. The van der Waals surface area contributed by atoms with E-state index in [4.69, 9.17) is 14.7 Å². The predicted molar refractivity (Wildman–Crippen MR) is 99.1 cm³/mol. The van der Waals surface area contributed by atoms with Crippen LogP contribution in [0.15, 0.2) is 53.4 Å². The van der Waals surface area contributed by atoms with Crippen LogP contribution in [0.2, 0.25) is 0 Å². The number of nitriles is 1. The summed E-state index contributed by atoms with van der Waals surface area (Å²) in [7, 11) is 1.59. The van der Waals surface area contributed by atoms with Gasteiger partial charge in [-0.2, -0.15) is 5.26 Å². The zero-order chi connectivity index (χ0) is 18.9. The summed E-state index contributed by atoms with van der Waals surface area (Å²) in [6.45, 7) is 1.51. The summed E-state index contributed by atoms with van der Waals surface area (Å²) in [4.78, 5) is 24.9. The second kappa shape index (κ2) is 9.49. The number of carbonyl (C=O) groups is 2. The highest BCUT2D eigenvalue weighted by atomic mass is 32.2. The van der Waals surface area contributed by atoms with Gasteiger partial charge in [0, 0.05) is 10.6 Å². The highest BCUT2D eigenvalue weighted by molar-refractivity contribution is 8.00. The molecule has 26 heavy (non-hydrogen) atoms. The second-order valence-corrected chi connectivity index (χ2v) is 6.32. The first-order valence-electron chi connectivity index (χ1n) is 7.79. The van der Waals surface area contributed by atoms with Crippen LogP contribution in [0.1, 0.15) is 12.5 Å². The van der Waals surface area contributed by atoms with Gasteiger partial charge in [0.1, 0.15) is 5.75 Å². The molecule has 0 bridgehead atoms. The first kappa shape index (κ1) is 19.3. The van der Waals surface area contributed by atoms with Crippen LogP contribution in [-0.2, 0) is 14.3 Å². The zero-order valence-corrected chi connectivity index (χ0v) is 15.2. The van der Waals surface area contributed by atoms with Crippen LogP contribution in [0.25, 0.3) is 0 Å². The van der Waals surface area contributed by atoms with E-state index < -0.39 is 18.0 Å². The van der Waals surface area contributed by atoms with Crippen molar-refractivity contribution in [3.8, 4) is 11.8 Å². The van der Waals surface area contributed by atoms with E-state index in [0.29, 0.717) is 11.3 Å². The quantitative estimate of drug-likeness (QED) is 0.595. The number of hydrogen-bond acceptors (Lipinski definition) is 6. The number of amides is 1. The van der Waals surface area contributed by atoms with E-state index in [2.05, 4.69) is 5.32 Å². The van der Waals surface area contributed by atoms with Crippen LogP contribution >= 0.6 is 11.8 Å². The van der Waals surface area contributed by atoms with Gasteiger partial charge in [0.2, 0.25) is 0 Å². The molecule has 2 aromatic carbocycles. The average Bonchev–Trinajstić information content (AvgIpc) is 2.67. The number of nitrogens with zero attached hydrogens (tertiary/aromatic N) is 1. The number of esters is 1. The van der Waals surface area contributed by atoms with E-state index >= 15 is 0 Å². The van der Waals surface area contributed by atoms with E-state index in [-0.39, 0.29) is 5.75 Å². The Hall–Kier alpha value is -2.98. The third-order valence-electron chi connectivity index (χ3n) is 3.38. The number of carbonyl (C=O) groups excluding carboxylic acids is 2. The van der Waals surface area contributed by atoms with E-state index in [1.54, 1.807) is 43.5 Å². The summed E-state index contributed by atoms with van der Waals surface area (Å²) >= 11 is 1.32. The Morgan fingerprint density at radius 3 is 2.38 bits per heavy atom. The maximum Gasteiger partial charge on any atom is 0.317 e. The largest absolute Gasteiger partial charge is 0.497 e. The number of nitrogens with one attached hydrogen (secondary N) is 1. The monoisotopic (exact) mass is 370 g/mol. The minimum Gasteiger partial charge on any atom is -0.497 e. The molecule has 0 unspecified atom stereocenters. The van der Waals surface area contributed by atoms with Gasteiger partial charge in [-0.3, -0.25) is 9.59 Å². The number of rotatable bonds is 7. The molecule has 0 radical (unpaired) electrons. The lowest BCUT2D eigenvalue weighted by Crippen LogP contribution is -2.30. The first-order chi connectivity index (χ1) is 12.5. The first-order valence-corrected chi connectivity index (χ1v) is 8.77. The lowest BCUT2D eigenvalue weighted by molar-refractivity contribution is -0.150. The molecule has 0 saturated carbocycles. The molecule has 1 amide bonds. The number of methoxy groups -OCH3 is 1. The highest BCUT2D eigenvalue weighted by Gasteiger charge is 2.18. The molecule has 2 rings (SSSR count). The SMILES string of the molecule is COc1ccc(SCC(=O)O[C@H](C)C(=O)Nc2ccc(C#N)cc2)cc1. The van der Waals surface area contributed by atoms with Crippen LogP contribution in [0, 0.1) is 11.3 Å². The molecule has 0 spiro atoms. The van der Waals surface area contributed by atoms with Gasteiger partial charge in [0.25, 0.3) is 5.91 Å². The lowest BCUT2D eigenvalue weighted by atomic mass is 10.2. The molecule has 1 atom stereocenters. The van der Waals surface area contributed by atoms with Crippen molar-refractivity contribution in [1.29, 1.82) is 5.26 Å². The average molecular weight is 370 g/mol. The number of ether oxygens (including phenoxy) is 2. The molecule has 0 aliphatic rings. The van der Waals surface area contributed by atoms with Crippen LogP contribution in [0.4, 0.5) is 5.69 Å². The van der Waals surface area contributed by atoms with Crippen molar-refractivity contribution in [3.05, 3.63) is 54.1 Å². The molecule has 0 heterocycles. The highest BCUT2D eigenvalue weighted by Crippen LogP contribution is 2.21. The smallest absolute Gasteiger partial charge is 0.317 e. The Bertz CT molecular complexity index is 798. The van der Waals surface area contributed by atoms with Crippen molar-refractivity contribution in [3.63, 3.8) is 0 Å². The Morgan fingerprint density at radius 2 is 1.81 bits per heavy atom. The van der Waals surface area contributed by atoms with Gasteiger partial charge in [-0.05, 0) is 55.5 Å². The van der Waals surface area contributed by atoms with Crippen molar-refractivity contribution >= 4 is 29.3 Å². The van der Waals surface area contributed by atoms with Gasteiger partial charge in [0.15, 0.2) is 6.10 Å². The maximum absolute atomic E-state index is 12.1. The fourth-order valence-corrected chi connectivity index (χ4v) is 2.65. The van der Waals surface area contributed by atoms with Gasteiger partial charge in [-0.25, -0.2) is 0 Å². The Labute approximate surface area is 156 Å². The summed E-state index contributed by atoms with van der Waals surface area (Å²) in [5.74, 6) is -0.0725. The molecule has 0 saturated heterocycles. The standard InChI is InChI=1S/C19H18N2O4S/c1-13(19(23)21-15-5-3-14(11-20)4-6-15)25-18(22)12-26-17-9-7-16(24-2)8-10-17/h3-10,13H,12H2,1-2H3,(H,21,23)/t13-/m1/s1. The lowest BCUT2D eigenvalue weighted by Gasteiger charge is -2.13. The van der Waals surface area contributed by atoms with Gasteiger partial charge in [0.05, 0.1) is 24.5 Å². The maximum atomic E-state index is 12.1. The van der Waals surface area contributed by atoms with Gasteiger partial charge in [-0.1, -0.05) is 0 Å². The van der Waals surface area contributed by atoms with Crippen LogP contribution in [0.5, 0.6) is 5.75 Å². The molecule has 6 nitrogen and oxygen atoms in total. The number of anilines is 1. The van der Waals surface area contributed by atoms with E-state index in [1.807, 2.05) is 18.2 Å². The van der Waals surface area contributed by atoms with Crippen LogP contribution < -0.4 is 10.1 Å². The van der Waals surface area contributed by atoms with Crippen molar-refractivity contribution in [2.75, 3.05) is 18.2 Å². The topological polar surface area (TPSA) is 88.4 Å². The number of benzene rings is 2. The van der Waals surface area contributed by atoms with Crippen molar-refractivity contribution in [2.45, 2.75) is 17.9 Å². The van der Waals surface area contributed by atoms with Crippen LogP contribution in [0.3, 0.4) is 0 Å². The second-order valence-electron chi connectivity index (χ2n) is 5.27. The van der Waals surface area contributed by atoms with E-state index in [1.165, 1.54) is 18.7 Å². The third-order valence-corrected chi connectivity index (χ3v) is 4.36. The summed E-state index contributed by atoms with van der Waals surface area (Å²) in [5.41, 5.74) is 1.03. The van der Waals surface area contributed by atoms with E-state index in [9.17, 15) is 9.59 Å². The molecular formula is C19H18N2O4S. The summed E-state index contributed by atoms with van der Waals surface area (Å²) < 4.78 is 10.2. The van der Waals surface area contributed by atoms with Gasteiger partial charge < -0.3 is 14.8 Å². The van der Waals surface area contributed by atoms with Crippen molar-refractivity contribution in [2.24, 2.45) is 0 Å². The predicted octanol–water partition coefficient (Wildman–Crippen LogP) is 3.23. The summed E-state index contributed by atoms with van der Waals surface area (Å²) in [6.07, 6.45) is -0.922. The molecule has 1 N–H and O–H groups in total. The molecule has 0 aromatic heterocycles. The number of hydrogen-bond donors (Lipinski definition) is 1. The van der Waals surface area contributed by atoms with E-state index in [0.717, 1.165) is 10.6 Å². The minimum absolute atomic E-state index is 0.0980. The van der Waals surface area contributed by atoms with Gasteiger partial charge in [-0.15, -0.1) is 11.8 Å².